The molecule has 0 amide bonds. The van der Waals surface area contributed by atoms with Crippen molar-refractivity contribution in [1.29, 1.82) is 0 Å². The second-order valence-electron chi connectivity index (χ2n) is 5.31. The molecule has 0 spiro atoms. The fourth-order valence-electron chi connectivity index (χ4n) is 2.80. The van der Waals surface area contributed by atoms with Crippen molar-refractivity contribution in [2.75, 3.05) is 13.1 Å². The molecule has 0 N–H and O–H groups in total. The van der Waals surface area contributed by atoms with Gasteiger partial charge in [0.15, 0.2) is 5.82 Å². The molecule has 0 saturated carbocycles. The van der Waals surface area contributed by atoms with Crippen LogP contribution in [0, 0.1) is 0 Å². The van der Waals surface area contributed by atoms with E-state index >= 15 is 0 Å². The van der Waals surface area contributed by atoms with Gasteiger partial charge in [0.2, 0.25) is 5.89 Å². The molecule has 0 bridgehead atoms. The van der Waals surface area contributed by atoms with Crippen molar-refractivity contribution in [3.8, 4) is 0 Å². The van der Waals surface area contributed by atoms with Crippen LogP contribution >= 0.6 is 0 Å². The molecule has 5 nitrogen and oxygen atoms in total. The summed E-state index contributed by atoms with van der Waals surface area (Å²) in [5.74, 6) is 2.12. The van der Waals surface area contributed by atoms with Gasteiger partial charge in [0, 0.05) is 25.4 Å². The molecule has 106 valence electrons. The summed E-state index contributed by atoms with van der Waals surface area (Å²) in [6.45, 7) is 4.97. The van der Waals surface area contributed by atoms with Gasteiger partial charge in [-0.2, -0.15) is 4.98 Å². The topological polar surface area (TPSA) is 55.1 Å². The zero-order valence-electron chi connectivity index (χ0n) is 11.8. The fraction of sp³-hybridized carbons (Fsp3) is 0.533. The number of likely N-dealkylation sites (tertiary alicyclic amines) is 1. The van der Waals surface area contributed by atoms with Crippen LogP contribution in [0.4, 0.5) is 0 Å². The Kier molecular flexibility index (Phi) is 4.06. The molecule has 3 rings (SSSR count). The number of hydrogen-bond donors (Lipinski definition) is 0. The van der Waals surface area contributed by atoms with Crippen molar-refractivity contribution in [2.45, 2.75) is 38.6 Å². The maximum absolute atomic E-state index is 5.17. The van der Waals surface area contributed by atoms with Crippen molar-refractivity contribution < 1.29 is 4.52 Å². The van der Waals surface area contributed by atoms with E-state index in [1.165, 1.54) is 18.4 Å². The minimum atomic E-state index is 0.587. The molecule has 1 fully saturated rings. The van der Waals surface area contributed by atoms with E-state index < -0.39 is 0 Å². The summed E-state index contributed by atoms with van der Waals surface area (Å²) in [4.78, 5) is 10.9. The van der Waals surface area contributed by atoms with E-state index in [-0.39, 0.29) is 0 Å². The molecule has 1 aliphatic rings. The van der Waals surface area contributed by atoms with E-state index in [1.54, 1.807) is 0 Å². The van der Waals surface area contributed by atoms with Crippen LogP contribution < -0.4 is 0 Å². The Morgan fingerprint density at radius 2 is 2.20 bits per heavy atom. The van der Waals surface area contributed by atoms with Gasteiger partial charge in [0.25, 0.3) is 0 Å². The maximum atomic E-state index is 5.17. The minimum Gasteiger partial charge on any atom is -0.339 e. The Balaban J connectivity index is 1.63. The first-order valence-electron chi connectivity index (χ1n) is 7.29. The zero-order valence-corrected chi connectivity index (χ0v) is 11.8. The van der Waals surface area contributed by atoms with E-state index in [0.29, 0.717) is 5.92 Å². The molecule has 20 heavy (non-hydrogen) atoms. The monoisotopic (exact) mass is 272 g/mol. The first-order chi connectivity index (χ1) is 9.85. The first-order valence-corrected chi connectivity index (χ1v) is 7.29. The first kappa shape index (κ1) is 13.2. The highest BCUT2D eigenvalue weighted by atomic mass is 16.5. The molecule has 2 aromatic rings. The summed E-state index contributed by atoms with van der Waals surface area (Å²) >= 11 is 0. The van der Waals surface area contributed by atoms with E-state index in [2.05, 4.69) is 32.2 Å². The number of rotatable bonds is 4. The molecule has 2 aromatic heterocycles. The fourth-order valence-corrected chi connectivity index (χ4v) is 2.80. The number of aryl methyl sites for hydroxylation is 1. The van der Waals surface area contributed by atoms with Gasteiger partial charge in [-0.1, -0.05) is 12.1 Å². The lowest BCUT2D eigenvalue weighted by atomic mass is 9.91. The molecule has 1 aliphatic heterocycles. The quantitative estimate of drug-likeness (QED) is 0.855. The Bertz CT molecular complexity index is 540. The van der Waals surface area contributed by atoms with Crippen molar-refractivity contribution >= 4 is 0 Å². The molecular formula is C15H20N4O. The molecule has 0 aliphatic carbocycles. The molecule has 0 radical (unpaired) electrons. The highest BCUT2D eigenvalue weighted by Crippen LogP contribution is 2.26. The third kappa shape index (κ3) is 3.04. The molecule has 5 heteroatoms. The normalized spacial score (nSPS) is 20.1. The third-order valence-electron chi connectivity index (χ3n) is 3.86. The summed E-state index contributed by atoms with van der Waals surface area (Å²) in [5.41, 5.74) is 1.38. The van der Waals surface area contributed by atoms with Crippen molar-refractivity contribution in [3.63, 3.8) is 0 Å². The van der Waals surface area contributed by atoms with E-state index in [1.807, 2.05) is 19.3 Å². The van der Waals surface area contributed by atoms with Gasteiger partial charge in [-0.3, -0.25) is 9.88 Å². The molecule has 1 atom stereocenters. The molecule has 3 heterocycles. The lowest BCUT2D eigenvalue weighted by Crippen LogP contribution is -2.34. The standard InChI is InChI=1S/C15H20N4O/c1-2-15-17-14(18-20-15)11-19-9-3-4-13(10-19)12-5-7-16-8-6-12/h5-8,13H,2-4,9-11H2,1H3/t13-/m0/s1. The van der Waals surface area contributed by atoms with Crippen molar-refractivity contribution in [1.82, 2.24) is 20.0 Å². The largest absolute Gasteiger partial charge is 0.339 e. The van der Waals surface area contributed by atoms with Gasteiger partial charge < -0.3 is 4.52 Å². The van der Waals surface area contributed by atoms with Gasteiger partial charge in [-0.15, -0.1) is 0 Å². The van der Waals surface area contributed by atoms with Gasteiger partial charge in [0.05, 0.1) is 6.54 Å². The van der Waals surface area contributed by atoms with E-state index in [4.69, 9.17) is 4.52 Å². The van der Waals surface area contributed by atoms with Gasteiger partial charge in [-0.25, -0.2) is 0 Å². The number of nitrogens with zero attached hydrogens (tertiary/aromatic N) is 4. The Morgan fingerprint density at radius 3 is 2.95 bits per heavy atom. The van der Waals surface area contributed by atoms with Crippen LogP contribution in [-0.4, -0.2) is 33.1 Å². The average molecular weight is 272 g/mol. The Hall–Kier alpha value is -1.75. The smallest absolute Gasteiger partial charge is 0.226 e. The summed E-state index contributed by atoms with van der Waals surface area (Å²) in [6.07, 6.45) is 7.01. The zero-order chi connectivity index (χ0) is 13.8. The Labute approximate surface area is 119 Å². The van der Waals surface area contributed by atoms with Crippen LogP contribution in [0.5, 0.6) is 0 Å². The summed E-state index contributed by atoms with van der Waals surface area (Å²) in [6, 6.07) is 4.25. The average Bonchev–Trinajstić information content (AvgIpc) is 2.96. The van der Waals surface area contributed by atoms with E-state index in [9.17, 15) is 0 Å². The molecular weight excluding hydrogens is 252 g/mol. The second-order valence-corrected chi connectivity index (χ2v) is 5.31. The number of pyridine rings is 1. The van der Waals surface area contributed by atoms with E-state index in [0.717, 1.165) is 37.8 Å². The molecule has 0 unspecified atom stereocenters. The van der Waals surface area contributed by atoms with Crippen LogP contribution in [0.2, 0.25) is 0 Å². The van der Waals surface area contributed by atoms with Crippen LogP contribution in [0.3, 0.4) is 0 Å². The Morgan fingerprint density at radius 1 is 1.35 bits per heavy atom. The summed E-state index contributed by atoms with van der Waals surface area (Å²) in [5, 5.41) is 4.04. The number of piperidine rings is 1. The lowest BCUT2D eigenvalue weighted by molar-refractivity contribution is 0.193. The van der Waals surface area contributed by atoms with Crippen LogP contribution in [0.15, 0.2) is 29.0 Å². The van der Waals surface area contributed by atoms with Crippen LogP contribution in [0.1, 0.15) is 43.0 Å². The predicted octanol–water partition coefficient (Wildman–Crippen LogP) is 2.41. The molecule has 1 saturated heterocycles. The summed E-state index contributed by atoms with van der Waals surface area (Å²) in [7, 11) is 0. The van der Waals surface area contributed by atoms with Crippen LogP contribution in [-0.2, 0) is 13.0 Å². The van der Waals surface area contributed by atoms with Crippen molar-refractivity contribution in [3.05, 3.63) is 41.8 Å². The third-order valence-corrected chi connectivity index (χ3v) is 3.86. The summed E-state index contributed by atoms with van der Waals surface area (Å²) < 4.78 is 5.17. The molecule has 0 aromatic carbocycles. The second kappa shape index (κ2) is 6.13. The maximum Gasteiger partial charge on any atom is 0.226 e. The highest BCUT2D eigenvalue weighted by molar-refractivity contribution is 5.17. The SMILES string of the molecule is CCc1nc(CN2CCC[C@H](c3ccncc3)C2)no1. The van der Waals surface area contributed by atoms with Crippen LogP contribution in [0.25, 0.3) is 0 Å². The van der Waals surface area contributed by atoms with Gasteiger partial charge in [-0.05, 0) is 43.0 Å². The van der Waals surface area contributed by atoms with Crippen molar-refractivity contribution in [2.24, 2.45) is 0 Å². The number of hydrogen-bond acceptors (Lipinski definition) is 5. The number of aromatic nitrogens is 3. The lowest BCUT2D eigenvalue weighted by Gasteiger charge is -2.32. The van der Waals surface area contributed by atoms with Gasteiger partial charge in [0.1, 0.15) is 0 Å². The van der Waals surface area contributed by atoms with Gasteiger partial charge >= 0.3 is 0 Å². The highest BCUT2D eigenvalue weighted by Gasteiger charge is 2.22. The predicted molar refractivity (Wildman–Crippen MR) is 75.2 cm³/mol. The minimum absolute atomic E-state index is 0.587.